The summed E-state index contributed by atoms with van der Waals surface area (Å²) in [5, 5.41) is 1.04. The fourth-order valence-electron chi connectivity index (χ4n) is 3.27. The van der Waals surface area contributed by atoms with E-state index >= 15 is 0 Å². The lowest BCUT2D eigenvalue weighted by Gasteiger charge is -2.21. The van der Waals surface area contributed by atoms with Crippen molar-refractivity contribution < 1.29 is 15.6 Å². The third-order valence-corrected chi connectivity index (χ3v) is 4.72. The summed E-state index contributed by atoms with van der Waals surface area (Å²) in [5.74, 6) is 0.225. The molecule has 1 aliphatic rings. The van der Waals surface area contributed by atoms with Gasteiger partial charge in [-0.3, -0.25) is 4.79 Å². The molecule has 0 unspecified atom stereocenters. The van der Waals surface area contributed by atoms with Crippen molar-refractivity contribution in [3.63, 3.8) is 0 Å². The summed E-state index contributed by atoms with van der Waals surface area (Å²) < 4.78 is 20.2. The van der Waals surface area contributed by atoms with Gasteiger partial charge in [-0.25, -0.2) is 0 Å². The highest BCUT2D eigenvalue weighted by molar-refractivity contribution is 5.85. The largest absolute Gasteiger partial charge is 0.465 e. The number of carbonyl (C=O) groups excluding carboxylic acids is 1. The summed E-state index contributed by atoms with van der Waals surface area (Å²) in [5.41, 5.74) is 8.04. The molecule has 1 atom stereocenters. The van der Waals surface area contributed by atoms with Gasteiger partial charge in [-0.05, 0) is 36.8 Å². The number of fused-ring (bicyclic) bond motifs is 1. The van der Waals surface area contributed by atoms with E-state index in [0.717, 1.165) is 48.9 Å². The van der Waals surface area contributed by atoms with Crippen LogP contribution in [-0.2, 0) is 27.7 Å². The zero-order valence-electron chi connectivity index (χ0n) is 14.9. The van der Waals surface area contributed by atoms with E-state index in [-0.39, 0.29) is 13.0 Å². The fourth-order valence-corrected chi connectivity index (χ4v) is 3.27. The van der Waals surface area contributed by atoms with Crippen LogP contribution in [0.2, 0.25) is 0 Å². The van der Waals surface area contributed by atoms with Gasteiger partial charge in [0.1, 0.15) is 6.04 Å². The Morgan fingerprint density at radius 1 is 1.46 bits per heavy atom. The van der Waals surface area contributed by atoms with Gasteiger partial charge >= 0.3 is 5.97 Å². The summed E-state index contributed by atoms with van der Waals surface area (Å²) in [6, 6.07) is 7.20. The van der Waals surface area contributed by atoms with E-state index in [1.165, 1.54) is 0 Å². The Bertz CT molecular complexity index is 710. The quantitative estimate of drug-likeness (QED) is 0.826. The lowest BCUT2D eigenvalue weighted by Crippen LogP contribution is -2.34. The van der Waals surface area contributed by atoms with Gasteiger partial charge in [0.2, 0.25) is 0 Å². The number of rotatable bonds is 6. The van der Waals surface area contributed by atoms with Crippen molar-refractivity contribution >= 4 is 16.9 Å². The van der Waals surface area contributed by atoms with Crippen LogP contribution in [0, 0.1) is 5.92 Å². The number of benzene rings is 1. The van der Waals surface area contributed by atoms with E-state index < -0.39 is 6.04 Å². The summed E-state index contributed by atoms with van der Waals surface area (Å²) >= 11 is 0. The van der Waals surface area contributed by atoms with Crippen molar-refractivity contribution in [2.45, 2.75) is 31.7 Å². The molecule has 0 amide bonds. The molecule has 1 aromatic heterocycles. The highest BCUT2D eigenvalue weighted by Crippen LogP contribution is 2.22. The number of aryl methyl sites for hydroxylation is 1. The molecule has 1 aliphatic heterocycles. The molecule has 0 aliphatic carbocycles. The van der Waals surface area contributed by atoms with E-state index in [2.05, 4.69) is 0 Å². The molecule has 130 valence electrons. The minimum Gasteiger partial charge on any atom is -0.465 e. The number of aromatic nitrogens is 1. The third-order valence-electron chi connectivity index (χ3n) is 4.72. The molecule has 5 heteroatoms. The third kappa shape index (κ3) is 3.97. The van der Waals surface area contributed by atoms with Crippen LogP contribution in [0.5, 0.6) is 0 Å². The summed E-state index contributed by atoms with van der Waals surface area (Å²) in [6.07, 6.45) is 5.28. The average Bonchev–Trinajstić information content (AvgIpc) is 3.00. The van der Waals surface area contributed by atoms with Crippen LogP contribution >= 0.6 is 0 Å². The Balaban J connectivity index is 1.54. The normalized spacial score (nSPS) is 17.6. The standard InChI is InChI=1S/C19H26N2O3/c1-21-13-15(16-4-2-3-5-18(16)21)12-17(20)19(22)24-11-8-14-6-9-23-10-7-14/h2-5,13-14,17H,6-12,20H2,1H3/t17-/m0/s1/i1D. The van der Waals surface area contributed by atoms with Crippen LogP contribution in [-0.4, -0.2) is 36.4 Å². The van der Waals surface area contributed by atoms with Gasteiger partial charge in [-0.2, -0.15) is 0 Å². The Labute approximate surface area is 144 Å². The van der Waals surface area contributed by atoms with Crippen molar-refractivity contribution in [3.8, 4) is 0 Å². The molecule has 2 aromatic rings. The number of esters is 1. The van der Waals surface area contributed by atoms with Gasteiger partial charge in [0.25, 0.3) is 0 Å². The highest BCUT2D eigenvalue weighted by Gasteiger charge is 2.19. The van der Waals surface area contributed by atoms with Crippen LogP contribution in [0.1, 0.15) is 26.2 Å². The van der Waals surface area contributed by atoms with Crippen LogP contribution in [0.15, 0.2) is 30.5 Å². The number of nitrogens with two attached hydrogens (primary N) is 1. The molecule has 0 spiro atoms. The Hall–Kier alpha value is -1.85. The lowest BCUT2D eigenvalue weighted by molar-refractivity contribution is -0.145. The van der Waals surface area contributed by atoms with Crippen molar-refractivity contribution in [3.05, 3.63) is 36.0 Å². The summed E-state index contributed by atoms with van der Waals surface area (Å²) in [7, 11) is 0.144. The molecule has 24 heavy (non-hydrogen) atoms. The number of carbonyl (C=O) groups is 1. The second-order valence-electron chi connectivity index (χ2n) is 6.46. The Morgan fingerprint density at radius 2 is 2.25 bits per heavy atom. The molecular formula is C19H26N2O3. The van der Waals surface area contributed by atoms with Crippen LogP contribution < -0.4 is 5.73 Å². The van der Waals surface area contributed by atoms with E-state index in [1.807, 2.05) is 35.0 Å². The van der Waals surface area contributed by atoms with Gasteiger partial charge in [0.15, 0.2) is 0 Å². The first-order valence-corrected chi connectivity index (χ1v) is 8.55. The smallest absolute Gasteiger partial charge is 0.323 e. The van der Waals surface area contributed by atoms with Gasteiger partial charge < -0.3 is 19.8 Å². The molecular weight excluding hydrogens is 304 g/mol. The van der Waals surface area contributed by atoms with Gasteiger partial charge in [0, 0.05) is 45.1 Å². The maximum absolute atomic E-state index is 12.2. The predicted molar refractivity (Wildman–Crippen MR) is 93.7 cm³/mol. The highest BCUT2D eigenvalue weighted by atomic mass is 16.5. The van der Waals surface area contributed by atoms with Crippen molar-refractivity contribution in [2.75, 3.05) is 19.8 Å². The fraction of sp³-hybridized carbons (Fsp3) is 0.526. The monoisotopic (exact) mass is 331 g/mol. The van der Waals surface area contributed by atoms with Crippen LogP contribution in [0.25, 0.3) is 10.9 Å². The first-order chi connectivity index (χ1) is 12.2. The van der Waals surface area contributed by atoms with Crippen molar-refractivity contribution in [2.24, 2.45) is 18.7 Å². The van der Waals surface area contributed by atoms with Crippen molar-refractivity contribution in [1.29, 1.82) is 0 Å². The Morgan fingerprint density at radius 3 is 3.04 bits per heavy atom. The number of ether oxygens (including phenoxy) is 2. The second kappa shape index (κ2) is 7.81. The molecule has 2 N–H and O–H groups in total. The second-order valence-corrected chi connectivity index (χ2v) is 6.46. The molecule has 1 fully saturated rings. The number of hydrogen-bond acceptors (Lipinski definition) is 4. The molecule has 0 radical (unpaired) electrons. The minimum atomic E-state index is -0.681. The molecule has 0 bridgehead atoms. The van der Waals surface area contributed by atoms with Crippen molar-refractivity contribution in [1.82, 2.24) is 4.57 Å². The van der Waals surface area contributed by atoms with Crippen LogP contribution in [0.4, 0.5) is 0 Å². The topological polar surface area (TPSA) is 66.5 Å². The predicted octanol–water partition coefficient (Wildman–Crippen LogP) is 2.41. The molecule has 3 rings (SSSR count). The number of nitrogens with zero attached hydrogens (tertiary/aromatic N) is 1. The molecule has 0 saturated carbocycles. The maximum atomic E-state index is 12.2. The van der Waals surface area contributed by atoms with E-state index in [4.69, 9.17) is 16.6 Å². The SMILES string of the molecule is [2H]Cn1cc(C[C@H](N)C(=O)OCCC2CCOCC2)c2ccccc21. The molecule has 2 heterocycles. The lowest BCUT2D eigenvalue weighted by atomic mass is 9.97. The number of para-hydroxylation sites is 1. The molecule has 5 nitrogen and oxygen atoms in total. The first kappa shape index (κ1) is 15.7. The van der Waals surface area contributed by atoms with Gasteiger partial charge in [0.05, 0.1) is 6.61 Å². The maximum Gasteiger partial charge on any atom is 0.323 e. The molecule has 1 saturated heterocycles. The summed E-state index contributed by atoms with van der Waals surface area (Å²) in [6.45, 7) is 2.03. The minimum absolute atomic E-state index is 0.144. The summed E-state index contributed by atoms with van der Waals surface area (Å²) in [4.78, 5) is 12.2. The van der Waals surface area contributed by atoms with E-state index in [1.54, 1.807) is 0 Å². The van der Waals surface area contributed by atoms with Gasteiger partial charge in [-0.1, -0.05) is 18.2 Å². The Kier molecular flexibility index (Phi) is 5.10. The zero-order chi connectivity index (χ0) is 17.6. The first-order valence-electron chi connectivity index (χ1n) is 9.25. The number of hydrogen-bond donors (Lipinski definition) is 1. The zero-order valence-corrected chi connectivity index (χ0v) is 13.9. The van der Waals surface area contributed by atoms with Gasteiger partial charge in [-0.15, -0.1) is 0 Å². The van der Waals surface area contributed by atoms with E-state index in [0.29, 0.717) is 18.9 Å². The molecule has 1 aromatic carbocycles. The van der Waals surface area contributed by atoms with Crippen LogP contribution in [0.3, 0.4) is 0 Å². The van der Waals surface area contributed by atoms with E-state index in [9.17, 15) is 4.79 Å². The average molecular weight is 331 g/mol.